The van der Waals surface area contributed by atoms with Crippen LogP contribution < -0.4 is 14.2 Å². The van der Waals surface area contributed by atoms with Crippen molar-refractivity contribution in [3.05, 3.63) is 54.1 Å². The summed E-state index contributed by atoms with van der Waals surface area (Å²) < 4.78 is 73.6. The van der Waals surface area contributed by atoms with Gasteiger partial charge in [0.25, 0.3) is 0 Å². The Bertz CT molecular complexity index is 850. The highest BCUT2D eigenvalue weighted by Crippen LogP contribution is 2.29. The van der Waals surface area contributed by atoms with E-state index < -0.39 is 27.0 Å². The molecule has 0 unspecified atom stereocenters. The Hall–Kier alpha value is -2.26. The zero-order valence-corrected chi connectivity index (χ0v) is 15.6. The van der Waals surface area contributed by atoms with E-state index in [1.807, 2.05) is 13.8 Å². The number of sulfonamides is 1. The maximum atomic E-state index is 12.4. The molecule has 0 aliphatic rings. The molecule has 0 radical (unpaired) electrons. The number of hydrogen-bond donors (Lipinski definition) is 1. The van der Waals surface area contributed by atoms with Crippen LogP contribution in [0.25, 0.3) is 0 Å². The lowest BCUT2D eigenvalue weighted by Crippen LogP contribution is -2.27. The minimum Gasteiger partial charge on any atom is -0.491 e. The van der Waals surface area contributed by atoms with Crippen LogP contribution in [0.2, 0.25) is 0 Å². The van der Waals surface area contributed by atoms with Gasteiger partial charge in [-0.25, -0.2) is 13.1 Å². The summed E-state index contributed by atoms with van der Waals surface area (Å²) >= 11 is 0. The quantitative estimate of drug-likeness (QED) is 0.726. The smallest absolute Gasteiger partial charge is 0.491 e. The molecule has 0 amide bonds. The fourth-order valence-electron chi connectivity index (χ4n) is 2.30. The van der Waals surface area contributed by atoms with Gasteiger partial charge in [-0.05, 0) is 50.1 Å². The van der Waals surface area contributed by atoms with Crippen LogP contribution in [0.5, 0.6) is 11.5 Å². The van der Waals surface area contributed by atoms with Gasteiger partial charge in [0.05, 0.1) is 6.10 Å². The zero-order chi connectivity index (χ0) is 20.1. The van der Waals surface area contributed by atoms with Gasteiger partial charge in [-0.3, -0.25) is 0 Å². The van der Waals surface area contributed by atoms with E-state index in [0.29, 0.717) is 12.2 Å². The van der Waals surface area contributed by atoms with Crippen molar-refractivity contribution in [2.45, 2.75) is 37.6 Å². The van der Waals surface area contributed by atoms with Gasteiger partial charge in [0.1, 0.15) is 16.4 Å². The lowest BCUT2D eigenvalue weighted by molar-refractivity contribution is -0.275. The molecule has 148 valence electrons. The summed E-state index contributed by atoms with van der Waals surface area (Å²) in [5, 5.41) is 0. The monoisotopic (exact) mass is 403 g/mol. The molecule has 0 bridgehead atoms. The minimum absolute atomic E-state index is 0.0209. The molecule has 0 spiro atoms. The van der Waals surface area contributed by atoms with E-state index in [1.165, 1.54) is 12.1 Å². The van der Waals surface area contributed by atoms with Crippen molar-refractivity contribution in [1.82, 2.24) is 4.72 Å². The first-order valence-electron chi connectivity index (χ1n) is 8.17. The predicted octanol–water partition coefficient (Wildman–Crippen LogP) is 3.89. The van der Waals surface area contributed by atoms with Gasteiger partial charge in [0.2, 0.25) is 10.0 Å². The molecule has 1 N–H and O–H groups in total. The van der Waals surface area contributed by atoms with E-state index in [-0.39, 0.29) is 12.6 Å². The summed E-state index contributed by atoms with van der Waals surface area (Å²) in [6.45, 7) is 3.83. The SMILES string of the molecule is CC(C)Oc1ccc(CCNS(=O)(=O)c2ccccc2OC(F)(F)F)cc1. The zero-order valence-electron chi connectivity index (χ0n) is 14.8. The summed E-state index contributed by atoms with van der Waals surface area (Å²) in [7, 11) is -4.16. The number of halogens is 3. The highest BCUT2D eigenvalue weighted by atomic mass is 32.2. The number of para-hydroxylation sites is 1. The molecule has 0 saturated carbocycles. The number of benzene rings is 2. The third-order valence-electron chi connectivity index (χ3n) is 3.37. The number of ether oxygens (including phenoxy) is 2. The molecular weight excluding hydrogens is 383 g/mol. The molecule has 0 heterocycles. The second kappa shape index (κ2) is 8.62. The van der Waals surface area contributed by atoms with E-state index >= 15 is 0 Å². The molecule has 0 saturated heterocycles. The number of alkyl halides is 3. The molecule has 2 rings (SSSR count). The third kappa shape index (κ3) is 6.76. The Balaban J connectivity index is 2.01. The number of rotatable bonds is 8. The Morgan fingerprint density at radius 3 is 2.26 bits per heavy atom. The van der Waals surface area contributed by atoms with Crippen molar-refractivity contribution in [2.75, 3.05) is 6.54 Å². The van der Waals surface area contributed by atoms with E-state index in [9.17, 15) is 21.6 Å². The Morgan fingerprint density at radius 1 is 1.04 bits per heavy atom. The minimum atomic E-state index is -4.98. The van der Waals surface area contributed by atoms with Gasteiger partial charge in [-0.15, -0.1) is 13.2 Å². The van der Waals surface area contributed by atoms with Crippen LogP contribution in [0.15, 0.2) is 53.4 Å². The molecule has 0 atom stereocenters. The van der Waals surface area contributed by atoms with Gasteiger partial charge >= 0.3 is 6.36 Å². The second-order valence-corrected chi connectivity index (χ2v) is 7.69. The third-order valence-corrected chi connectivity index (χ3v) is 4.87. The molecular formula is C18H20F3NO4S. The molecule has 5 nitrogen and oxygen atoms in total. The molecule has 0 aliphatic heterocycles. The fourth-order valence-corrected chi connectivity index (χ4v) is 3.45. The first-order chi connectivity index (χ1) is 12.6. The fraction of sp³-hybridized carbons (Fsp3) is 0.333. The van der Waals surface area contributed by atoms with Gasteiger partial charge in [-0.2, -0.15) is 0 Å². The van der Waals surface area contributed by atoms with Crippen molar-refractivity contribution in [3.8, 4) is 11.5 Å². The maximum Gasteiger partial charge on any atom is 0.573 e. The largest absolute Gasteiger partial charge is 0.573 e. The van der Waals surface area contributed by atoms with Crippen LogP contribution in [-0.2, 0) is 16.4 Å². The number of nitrogens with one attached hydrogen (secondary N) is 1. The predicted molar refractivity (Wildman–Crippen MR) is 94.2 cm³/mol. The first kappa shape index (κ1) is 21.0. The first-order valence-corrected chi connectivity index (χ1v) is 9.65. The number of hydrogen-bond acceptors (Lipinski definition) is 4. The average molecular weight is 403 g/mol. The Kier molecular flexibility index (Phi) is 6.72. The maximum absolute atomic E-state index is 12.4. The highest BCUT2D eigenvalue weighted by Gasteiger charge is 2.33. The van der Waals surface area contributed by atoms with E-state index in [1.54, 1.807) is 24.3 Å². The lowest BCUT2D eigenvalue weighted by atomic mass is 10.1. The van der Waals surface area contributed by atoms with Crippen molar-refractivity contribution < 1.29 is 31.1 Å². The van der Waals surface area contributed by atoms with Crippen molar-refractivity contribution in [3.63, 3.8) is 0 Å². The van der Waals surface area contributed by atoms with Gasteiger partial charge in [0.15, 0.2) is 0 Å². The van der Waals surface area contributed by atoms with Crippen LogP contribution >= 0.6 is 0 Å². The molecule has 27 heavy (non-hydrogen) atoms. The second-order valence-electron chi connectivity index (χ2n) is 5.95. The molecule has 9 heteroatoms. The normalized spacial score (nSPS) is 12.2. The van der Waals surface area contributed by atoms with Gasteiger partial charge in [0, 0.05) is 6.54 Å². The summed E-state index contributed by atoms with van der Waals surface area (Å²) in [5.41, 5.74) is 0.855. The van der Waals surface area contributed by atoms with Crippen LogP contribution in [0.3, 0.4) is 0 Å². The standard InChI is InChI=1S/C18H20F3NO4S/c1-13(2)25-15-9-7-14(8-10-15)11-12-22-27(23,24)17-6-4-3-5-16(17)26-18(19,20)21/h3-10,13,22H,11-12H2,1-2H3. The summed E-state index contributed by atoms with van der Waals surface area (Å²) in [6, 6.07) is 11.7. The highest BCUT2D eigenvalue weighted by molar-refractivity contribution is 7.89. The van der Waals surface area contributed by atoms with E-state index in [0.717, 1.165) is 17.7 Å². The van der Waals surface area contributed by atoms with Crippen LogP contribution in [0, 0.1) is 0 Å². The molecule has 0 fully saturated rings. The average Bonchev–Trinajstić information content (AvgIpc) is 2.55. The Labute approximate surface area is 156 Å². The van der Waals surface area contributed by atoms with Gasteiger partial charge in [-0.1, -0.05) is 24.3 Å². The van der Waals surface area contributed by atoms with Crippen LogP contribution in [0.4, 0.5) is 13.2 Å². The summed E-state index contributed by atoms with van der Waals surface area (Å²) in [5.74, 6) is -0.0692. The summed E-state index contributed by atoms with van der Waals surface area (Å²) in [4.78, 5) is -0.567. The van der Waals surface area contributed by atoms with E-state index in [4.69, 9.17) is 4.74 Å². The van der Waals surface area contributed by atoms with Crippen molar-refractivity contribution in [1.29, 1.82) is 0 Å². The van der Waals surface area contributed by atoms with Crippen molar-refractivity contribution in [2.24, 2.45) is 0 Å². The van der Waals surface area contributed by atoms with Crippen LogP contribution in [0.1, 0.15) is 19.4 Å². The van der Waals surface area contributed by atoms with Crippen molar-refractivity contribution >= 4 is 10.0 Å². The topological polar surface area (TPSA) is 64.6 Å². The lowest BCUT2D eigenvalue weighted by Gasteiger charge is -2.14. The van der Waals surface area contributed by atoms with Gasteiger partial charge < -0.3 is 9.47 Å². The Morgan fingerprint density at radius 2 is 1.67 bits per heavy atom. The molecule has 0 aromatic heterocycles. The molecule has 0 aliphatic carbocycles. The van der Waals surface area contributed by atoms with E-state index in [2.05, 4.69) is 9.46 Å². The molecule has 2 aromatic carbocycles. The summed E-state index contributed by atoms with van der Waals surface area (Å²) in [6.07, 6.45) is -4.57. The molecule has 2 aromatic rings. The van der Waals surface area contributed by atoms with Crippen LogP contribution in [-0.4, -0.2) is 27.4 Å².